The molecule has 3 amide bonds. The van der Waals surface area contributed by atoms with Gasteiger partial charge in [-0.25, -0.2) is 0 Å². The quantitative estimate of drug-likeness (QED) is 0.246. The van der Waals surface area contributed by atoms with E-state index in [0.29, 0.717) is 29.5 Å². The van der Waals surface area contributed by atoms with Crippen LogP contribution in [0, 0.1) is 5.92 Å². The van der Waals surface area contributed by atoms with E-state index in [0.717, 1.165) is 56.3 Å². The largest absolute Gasteiger partial charge is 0.497 e. The minimum absolute atomic E-state index is 0.00239. The average Bonchev–Trinajstić information content (AvgIpc) is 3.39. The van der Waals surface area contributed by atoms with Crippen LogP contribution in [0.15, 0.2) is 24.4 Å². The van der Waals surface area contributed by atoms with Gasteiger partial charge in [0, 0.05) is 29.2 Å². The van der Waals surface area contributed by atoms with Gasteiger partial charge in [-0.2, -0.15) is 0 Å². The molecule has 0 bridgehead atoms. The van der Waals surface area contributed by atoms with E-state index in [2.05, 4.69) is 15.6 Å². The number of benzene rings is 1. The Balaban J connectivity index is 1.48. The SMILES string of the molecule is COc1ccc2c(C(=O)C(=O)NCC(=O)N(CC(=O)O)C(C(=O)NC3CCCCC3)C3CCCCC3)c[nH]c2c1. The molecule has 11 nitrogen and oxygen atoms in total. The first-order chi connectivity index (χ1) is 19.3. The summed E-state index contributed by atoms with van der Waals surface area (Å²) in [4.78, 5) is 68.4. The number of ether oxygens (including phenoxy) is 1. The van der Waals surface area contributed by atoms with Gasteiger partial charge < -0.3 is 30.4 Å². The summed E-state index contributed by atoms with van der Waals surface area (Å²) in [5, 5.41) is 15.6. The third-order valence-electron chi connectivity index (χ3n) is 8.02. The van der Waals surface area contributed by atoms with Gasteiger partial charge in [-0.1, -0.05) is 38.5 Å². The molecule has 4 N–H and O–H groups in total. The number of carboxylic acid groups (broad SMARTS) is 1. The van der Waals surface area contributed by atoms with Gasteiger partial charge >= 0.3 is 5.97 Å². The maximum Gasteiger partial charge on any atom is 0.323 e. The van der Waals surface area contributed by atoms with Crippen LogP contribution in [0.2, 0.25) is 0 Å². The molecular weight excluding hydrogens is 516 g/mol. The van der Waals surface area contributed by atoms with Gasteiger partial charge in [0.25, 0.3) is 11.7 Å². The highest BCUT2D eigenvalue weighted by molar-refractivity contribution is 6.45. The van der Waals surface area contributed by atoms with Crippen molar-refractivity contribution in [3.05, 3.63) is 30.0 Å². The summed E-state index contributed by atoms with van der Waals surface area (Å²) in [5.74, 6) is -3.75. The zero-order valence-corrected chi connectivity index (χ0v) is 22.9. The van der Waals surface area contributed by atoms with Gasteiger partial charge in [-0.05, 0) is 43.7 Å². The van der Waals surface area contributed by atoms with Gasteiger partial charge in [-0.3, -0.25) is 24.0 Å². The second-order valence-electron chi connectivity index (χ2n) is 10.7. The van der Waals surface area contributed by atoms with Gasteiger partial charge in [-0.15, -0.1) is 0 Å². The molecule has 0 aliphatic heterocycles. The number of H-pyrrole nitrogens is 1. The predicted octanol–water partition coefficient (Wildman–Crippen LogP) is 2.79. The molecule has 1 atom stereocenters. The Bertz CT molecular complexity index is 1240. The number of nitrogens with zero attached hydrogens (tertiary/aromatic N) is 1. The second-order valence-corrected chi connectivity index (χ2v) is 10.7. The first kappa shape index (κ1) is 29.1. The molecule has 216 valence electrons. The van der Waals surface area contributed by atoms with Gasteiger partial charge in [0.1, 0.15) is 18.3 Å². The number of nitrogens with one attached hydrogen (secondary N) is 3. The number of hydrogen-bond donors (Lipinski definition) is 4. The lowest BCUT2D eigenvalue weighted by Gasteiger charge is -2.38. The molecule has 1 aromatic heterocycles. The number of ketones is 1. The number of rotatable bonds is 11. The van der Waals surface area contributed by atoms with Crippen molar-refractivity contribution in [2.75, 3.05) is 20.2 Å². The molecule has 0 radical (unpaired) electrons. The van der Waals surface area contributed by atoms with Crippen molar-refractivity contribution >= 4 is 40.4 Å². The third-order valence-corrected chi connectivity index (χ3v) is 8.02. The zero-order chi connectivity index (χ0) is 28.6. The summed E-state index contributed by atoms with van der Waals surface area (Å²) in [6.45, 7) is -1.28. The number of Topliss-reactive ketones (excluding diaryl/α,β-unsaturated/α-hetero) is 1. The Kier molecular flexibility index (Phi) is 9.79. The molecule has 1 aromatic carbocycles. The molecule has 40 heavy (non-hydrogen) atoms. The fourth-order valence-corrected chi connectivity index (χ4v) is 5.96. The lowest BCUT2D eigenvalue weighted by molar-refractivity contribution is -0.150. The number of carbonyl (C=O) groups is 5. The molecule has 2 aliphatic carbocycles. The smallest absolute Gasteiger partial charge is 0.323 e. The van der Waals surface area contributed by atoms with Crippen LogP contribution in [0.25, 0.3) is 10.9 Å². The lowest BCUT2D eigenvalue weighted by Crippen LogP contribution is -2.58. The first-order valence-electron chi connectivity index (χ1n) is 14.1. The molecule has 2 aliphatic rings. The maximum atomic E-state index is 13.6. The molecule has 0 spiro atoms. The number of methoxy groups -OCH3 is 1. The minimum atomic E-state index is -1.25. The number of hydrogen-bond acceptors (Lipinski definition) is 6. The van der Waals surface area contributed by atoms with E-state index in [1.54, 1.807) is 18.2 Å². The van der Waals surface area contributed by atoms with Crippen molar-refractivity contribution in [2.24, 2.45) is 5.92 Å². The highest BCUT2D eigenvalue weighted by Gasteiger charge is 2.39. The molecule has 4 rings (SSSR count). The Hall–Kier alpha value is -3.89. The number of fused-ring (bicyclic) bond motifs is 1. The summed E-state index contributed by atoms with van der Waals surface area (Å²) in [6, 6.07) is 4.07. The standard InChI is InChI=1S/C29H38N4O7/c1-40-20-12-13-21-22(15-30-23(21)14-20)27(37)29(39)31-16-24(34)33(17-25(35)36)26(18-8-4-2-5-9-18)28(38)32-19-10-6-3-7-11-19/h12-15,18-19,26,30H,2-11,16-17H2,1H3,(H,31,39)(H,32,38)(H,35,36). The molecular formula is C29H38N4O7. The van der Waals surface area contributed by atoms with E-state index in [1.165, 1.54) is 13.3 Å². The second kappa shape index (κ2) is 13.5. The number of carboxylic acids is 1. The van der Waals surface area contributed by atoms with Crippen molar-refractivity contribution in [1.82, 2.24) is 20.5 Å². The minimum Gasteiger partial charge on any atom is -0.497 e. The van der Waals surface area contributed by atoms with Crippen molar-refractivity contribution in [3.8, 4) is 5.75 Å². The summed E-state index contributed by atoms with van der Waals surface area (Å²) in [7, 11) is 1.52. The van der Waals surface area contributed by atoms with Crippen LogP contribution in [0.5, 0.6) is 5.75 Å². The van der Waals surface area contributed by atoms with Crippen LogP contribution in [0.1, 0.15) is 74.6 Å². The van der Waals surface area contributed by atoms with Crippen LogP contribution in [-0.4, -0.2) is 76.7 Å². The van der Waals surface area contributed by atoms with E-state index in [9.17, 15) is 29.1 Å². The van der Waals surface area contributed by atoms with E-state index < -0.39 is 42.7 Å². The van der Waals surface area contributed by atoms with Gasteiger partial charge in [0.05, 0.1) is 19.2 Å². The molecule has 1 heterocycles. The van der Waals surface area contributed by atoms with E-state index in [1.807, 2.05) is 0 Å². The van der Waals surface area contributed by atoms with E-state index in [4.69, 9.17) is 4.74 Å². The summed E-state index contributed by atoms with van der Waals surface area (Å²) >= 11 is 0. The van der Waals surface area contributed by atoms with Crippen LogP contribution in [-0.2, 0) is 19.2 Å². The van der Waals surface area contributed by atoms with Gasteiger partial charge in [0.2, 0.25) is 11.8 Å². The fourth-order valence-electron chi connectivity index (χ4n) is 5.96. The Morgan fingerprint density at radius 3 is 2.35 bits per heavy atom. The predicted molar refractivity (Wildman–Crippen MR) is 147 cm³/mol. The van der Waals surface area contributed by atoms with Crippen LogP contribution in [0.4, 0.5) is 0 Å². The van der Waals surface area contributed by atoms with E-state index >= 15 is 0 Å². The summed E-state index contributed by atoms with van der Waals surface area (Å²) < 4.78 is 5.18. The topological polar surface area (TPSA) is 158 Å². The zero-order valence-electron chi connectivity index (χ0n) is 22.9. The van der Waals surface area contributed by atoms with Gasteiger partial charge in [0.15, 0.2) is 0 Å². The first-order valence-corrected chi connectivity index (χ1v) is 14.1. The van der Waals surface area contributed by atoms with E-state index in [-0.39, 0.29) is 23.4 Å². The van der Waals surface area contributed by atoms with Crippen molar-refractivity contribution < 1.29 is 33.8 Å². The number of aromatic amines is 1. The molecule has 2 saturated carbocycles. The summed E-state index contributed by atoms with van der Waals surface area (Å²) in [6.07, 6.45) is 10.5. The third kappa shape index (κ3) is 7.00. The number of aromatic nitrogens is 1. The molecule has 0 saturated heterocycles. The highest BCUT2D eigenvalue weighted by Crippen LogP contribution is 2.30. The molecule has 11 heteroatoms. The fraction of sp³-hybridized carbons (Fsp3) is 0.552. The van der Waals surface area contributed by atoms with Crippen LogP contribution in [0.3, 0.4) is 0 Å². The number of carbonyl (C=O) groups excluding carboxylic acids is 4. The van der Waals surface area contributed by atoms with Crippen molar-refractivity contribution in [2.45, 2.75) is 76.3 Å². The summed E-state index contributed by atoms with van der Waals surface area (Å²) in [5.41, 5.74) is 0.746. The molecule has 2 aromatic rings. The Morgan fingerprint density at radius 2 is 1.70 bits per heavy atom. The average molecular weight is 555 g/mol. The molecule has 1 unspecified atom stereocenters. The monoisotopic (exact) mass is 554 g/mol. The van der Waals surface area contributed by atoms with Crippen LogP contribution < -0.4 is 15.4 Å². The van der Waals surface area contributed by atoms with Crippen molar-refractivity contribution in [3.63, 3.8) is 0 Å². The number of aliphatic carboxylic acids is 1. The maximum absolute atomic E-state index is 13.6. The van der Waals surface area contributed by atoms with Crippen LogP contribution >= 0.6 is 0 Å². The lowest BCUT2D eigenvalue weighted by atomic mass is 9.82. The Morgan fingerprint density at radius 1 is 1.02 bits per heavy atom. The molecule has 2 fully saturated rings. The number of amides is 3. The van der Waals surface area contributed by atoms with Crippen molar-refractivity contribution in [1.29, 1.82) is 0 Å². The normalized spacial score (nSPS) is 17.1. The highest BCUT2D eigenvalue weighted by atomic mass is 16.5. The Labute approximate surface area is 233 Å².